The molecule has 2 aliphatic rings. The standard InChI is InChI=1S/C26H30FN3O3/c1-17(2)33-22-10-8-18(9-11-22)23-24(29(4)20-12-14-28(3)15-13-20)26(32)30(25(23)31)21-7-5-6-19(27)16-21/h5-11,16-17,20H,12-15H2,1-4H3. The Labute approximate surface area is 194 Å². The lowest BCUT2D eigenvalue weighted by Crippen LogP contribution is -2.43. The molecule has 1 saturated heterocycles. The minimum absolute atomic E-state index is 0.0272. The summed E-state index contributed by atoms with van der Waals surface area (Å²) in [5, 5.41) is 0. The highest BCUT2D eigenvalue weighted by Crippen LogP contribution is 2.36. The average Bonchev–Trinajstić information content (AvgIpc) is 3.04. The fourth-order valence-corrected chi connectivity index (χ4v) is 4.49. The number of imide groups is 1. The molecule has 2 aromatic carbocycles. The molecule has 2 amide bonds. The number of likely N-dealkylation sites (tertiary alicyclic amines) is 1. The van der Waals surface area contributed by atoms with Crippen molar-refractivity contribution in [2.75, 3.05) is 32.1 Å². The van der Waals surface area contributed by atoms with Crippen LogP contribution in [0.2, 0.25) is 0 Å². The van der Waals surface area contributed by atoms with E-state index in [0.29, 0.717) is 22.6 Å². The van der Waals surface area contributed by atoms with E-state index < -0.39 is 17.6 Å². The second-order valence-electron chi connectivity index (χ2n) is 8.99. The van der Waals surface area contributed by atoms with E-state index in [2.05, 4.69) is 11.9 Å². The zero-order valence-corrected chi connectivity index (χ0v) is 19.5. The molecule has 2 heterocycles. The Morgan fingerprint density at radius 1 is 1.03 bits per heavy atom. The molecule has 0 aromatic heterocycles. The van der Waals surface area contributed by atoms with Crippen molar-refractivity contribution in [3.63, 3.8) is 0 Å². The number of carbonyl (C=O) groups is 2. The number of piperidine rings is 1. The molecule has 0 saturated carbocycles. The number of hydrogen-bond donors (Lipinski definition) is 0. The van der Waals surface area contributed by atoms with Crippen LogP contribution in [0.1, 0.15) is 32.3 Å². The molecule has 33 heavy (non-hydrogen) atoms. The Balaban J connectivity index is 1.75. The van der Waals surface area contributed by atoms with Crippen LogP contribution in [-0.2, 0) is 9.59 Å². The van der Waals surface area contributed by atoms with Crippen molar-refractivity contribution < 1.29 is 18.7 Å². The minimum atomic E-state index is -0.498. The van der Waals surface area contributed by atoms with Gasteiger partial charge in [-0.15, -0.1) is 0 Å². The molecule has 0 radical (unpaired) electrons. The van der Waals surface area contributed by atoms with Gasteiger partial charge in [0, 0.05) is 13.1 Å². The lowest BCUT2D eigenvalue weighted by molar-refractivity contribution is -0.120. The van der Waals surface area contributed by atoms with E-state index >= 15 is 0 Å². The van der Waals surface area contributed by atoms with Crippen molar-refractivity contribution >= 4 is 23.1 Å². The molecule has 174 valence electrons. The van der Waals surface area contributed by atoms with Crippen LogP contribution in [0, 0.1) is 5.82 Å². The van der Waals surface area contributed by atoms with E-state index in [-0.39, 0.29) is 17.8 Å². The first-order valence-electron chi connectivity index (χ1n) is 11.3. The van der Waals surface area contributed by atoms with E-state index in [1.165, 1.54) is 18.2 Å². The van der Waals surface area contributed by atoms with Gasteiger partial charge >= 0.3 is 0 Å². The Morgan fingerprint density at radius 3 is 2.30 bits per heavy atom. The number of ether oxygens (including phenoxy) is 1. The summed E-state index contributed by atoms with van der Waals surface area (Å²) in [6, 6.07) is 12.9. The van der Waals surface area contributed by atoms with Gasteiger partial charge < -0.3 is 14.5 Å². The van der Waals surface area contributed by atoms with Crippen LogP contribution in [0.3, 0.4) is 0 Å². The van der Waals surface area contributed by atoms with Crippen LogP contribution >= 0.6 is 0 Å². The summed E-state index contributed by atoms with van der Waals surface area (Å²) in [5.74, 6) is -0.678. The van der Waals surface area contributed by atoms with Crippen molar-refractivity contribution in [3.8, 4) is 5.75 Å². The lowest BCUT2D eigenvalue weighted by atomic mass is 10.00. The smallest absolute Gasteiger partial charge is 0.282 e. The zero-order chi connectivity index (χ0) is 23.7. The van der Waals surface area contributed by atoms with Crippen LogP contribution in [0.15, 0.2) is 54.2 Å². The second kappa shape index (κ2) is 9.35. The molecular formula is C26H30FN3O3. The number of nitrogens with zero attached hydrogens (tertiary/aromatic N) is 3. The van der Waals surface area contributed by atoms with Crippen LogP contribution in [0.4, 0.5) is 10.1 Å². The average molecular weight is 452 g/mol. The molecule has 0 spiro atoms. The van der Waals surface area contributed by atoms with Gasteiger partial charge in [-0.2, -0.15) is 0 Å². The Hall–Kier alpha value is -3.19. The highest BCUT2D eigenvalue weighted by atomic mass is 19.1. The number of amides is 2. The molecular weight excluding hydrogens is 421 g/mol. The van der Waals surface area contributed by atoms with Gasteiger partial charge in [0.2, 0.25) is 0 Å². The van der Waals surface area contributed by atoms with Gasteiger partial charge in [0.05, 0.1) is 17.4 Å². The summed E-state index contributed by atoms with van der Waals surface area (Å²) in [5.41, 5.74) is 1.56. The van der Waals surface area contributed by atoms with Gasteiger partial charge in [-0.1, -0.05) is 18.2 Å². The molecule has 2 aromatic rings. The maximum atomic E-state index is 13.9. The molecule has 0 aliphatic carbocycles. The summed E-state index contributed by atoms with van der Waals surface area (Å²) < 4.78 is 19.7. The Bertz CT molecular complexity index is 1070. The summed E-state index contributed by atoms with van der Waals surface area (Å²) in [4.78, 5) is 32.5. The number of benzene rings is 2. The summed E-state index contributed by atoms with van der Waals surface area (Å²) in [7, 11) is 3.96. The Kier molecular flexibility index (Phi) is 6.51. The number of hydrogen-bond acceptors (Lipinski definition) is 5. The van der Waals surface area contributed by atoms with E-state index in [4.69, 9.17) is 4.74 Å². The molecule has 0 N–H and O–H groups in total. The first-order valence-corrected chi connectivity index (χ1v) is 11.3. The number of rotatable bonds is 6. The first kappa shape index (κ1) is 23.0. The van der Waals surface area contributed by atoms with E-state index in [1.54, 1.807) is 30.3 Å². The molecule has 1 fully saturated rings. The highest BCUT2D eigenvalue weighted by molar-refractivity contribution is 6.45. The number of carbonyl (C=O) groups excluding carboxylic acids is 2. The van der Waals surface area contributed by atoms with Crippen molar-refractivity contribution in [3.05, 3.63) is 65.6 Å². The molecule has 0 unspecified atom stereocenters. The lowest BCUT2D eigenvalue weighted by Gasteiger charge is -2.36. The van der Waals surface area contributed by atoms with E-state index in [9.17, 15) is 14.0 Å². The van der Waals surface area contributed by atoms with Gasteiger partial charge in [-0.3, -0.25) is 9.59 Å². The fraction of sp³-hybridized carbons (Fsp3) is 0.385. The largest absolute Gasteiger partial charge is 0.491 e. The zero-order valence-electron chi connectivity index (χ0n) is 19.5. The third-order valence-electron chi connectivity index (χ3n) is 6.23. The third-order valence-corrected chi connectivity index (χ3v) is 6.23. The molecule has 0 bridgehead atoms. The van der Waals surface area contributed by atoms with Crippen molar-refractivity contribution in [1.29, 1.82) is 0 Å². The number of anilines is 1. The maximum absolute atomic E-state index is 13.9. The van der Waals surface area contributed by atoms with Crippen molar-refractivity contribution in [2.45, 2.75) is 38.8 Å². The Morgan fingerprint density at radius 2 is 1.70 bits per heavy atom. The van der Waals surface area contributed by atoms with Crippen molar-refractivity contribution in [1.82, 2.24) is 9.80 Å². The molecule has 2 aliphatic heterocycles. The maximum Gasteiger partial charge on any atom is 0.282 e. The van der Waals surface area contributed by atoms with Gasteiger partial charge in [-0.25, -0.2) is 9.29 Å². The van der Waals surface area contributed by atoms with E-state index in [0.717, 1.165) is 30.8 Å². The van der Waals surface area contributed by atoms with Gasteiger partial charge in [0.15, 0.2) is 0 Å². The minimum Gasteiger partial charge on any atom is -0.491 e. The van der Waals surface area contributed by atoms with Gasteiger partial charge in [-0.05, 0) is 82.7 Å². The predicted octanol–water partition coefficient (Wildman–Crippen LogP) is 3.92. The highest BCUT2D eigenvalue weighted by Gasteiger charge is 2.43. The number of likely N-dealkylation sites (N-methyl/N-ethyl adjacent to an activating group) is 1. The van der Waals surface area contributed by atoms with Crippen molar-refractivity contribution in [2.24, 2.45) is 0 Å². The monoisotopic (exact) mass is 451 g/mol. The van der Waals surface area contributed by atoms with E-state index in [1.807, 2.05) is 25.8 Å². The van der Waals surface area contributed by atoms with Gasteiger partial charge in [0.1, 0.15) is 17.3 Å². The fourth-order valence-electron chi connectivity index (χ4n) is 4.49. The summed E-state index contributed by atoms with van der Waals surface area (Å²) in [6.45, 7) is 5.74. The topological polar surface area (TPSA) is 53.1 Å². The van der Waals surface area contributed by atoms with Crippen LogP contribution < -0.4 is 9.64 Å². The van der Waals surface area contributed by atoms with Crippen LogP contribution in [-0.4, -0.2) is 60.9 Å². The quantitative estimate of drug-likeness (QED) is 0.623. The summed E-state index contributed by atoms with van der Waals surface area (Å²) in [6.07, 6.45) is 1.82. The SMILES string of the molecule is CC(C)Oc1ccc(C2=C(N(C)C3CCN(C)CC3)C(=O)N(c3cccc(F)c3)C2=O)cc1. The third kappa shape index (κ3) is 4.64. The van der Waals surface area contributed by atoms with Gasteiger partial charge in [0.25, 0.3) is 11.8 Å². The molecule has 4 rings (SSSR count). The second-order valence-corrected chi connectivity index (χ2v) is 8.99. The van der Waals surface area contributed by atoms with Crippen LogP contribution in [0.5, 0.6) is 5.75 Å². The molecule has 6 nitrogen and oxygen atoms in total. The first-order chi connectivity index (χ1) is 15.8. The molecule has 7 heteroatoms. The summed E-state index contributed by atoms with van der Waals surface area (Å²) >= 11 is 0. The predicted molar refractivity (Wildman–Crippen MR) is 126 cm³/mol. The number of halogens is 1. The normalized spacial score (nSPS) is 17.9. The molecule has 0 atom stereocenters. The van der Waals surface area contributed by atoms with Crippen LogP contribution in [0.25, 0.3) is 5.57 Å².